The average Bonchev–Trinajstić information content (AvgIpc) is 1.62. The zero-order chi connectivity index (χ0) is 93.1. The maximum atomic E-state index is 2.34. The summed E-state index contributed by atoms with van der Waals surface area (Å²) in [6.45, 7) is 0. The van der Waals surface area contributed by atoms with Crippen LogP contribution in [0.1, 0.15) is 66.8 Å². The highest BCUT2D eigenvalue weighted by molar-refractivity contribution is 7.25. The van der Waals surface area contributed by atoms with Crippen LogP contribution in [0.15, 0.2) is 522 Å². The van der Waals surface area contributed by atoms with Gasteiger partial charge in [-0.1, -0.05) is 352 Å². The van der Waals surface area contributed by atoms with Crippen molar-refractivity contribution in [2.24, 2.45) is 0 Å². The zero-order valence-electron chi connectivity index (χ0n) is 76.7. The van der Waals surface area contributed by atoms with E-state index in [1.54, 1.807) is 0 Å². The standard InChI is InChI=1S/C132H98N6S/c1-9-25-111(26-10-1)133(112-27-11-2-12-28-112)119-75-53-99(54-76-119)41-45-103-61-83-123(84-62-103)137(124-85-63-104(64-86-124)46-42-100-55-77-120(78-56-100)134(113-29-13-3-14-30-113)114-31-15-4-16-32-114)127-91-69-107(70-92-127)49-51-109-73-95-131-129(97-109)130-98-110(74-96-132(130)139-131)52-50-108-71-93-128(94-72-108)138(125-87-65-105(66-88-125)47-43-101-57-79-121(80-58-101)135(115-33-17-5-18-34-115)116-35-19-6-20-36-116)126-89-67-106(68-90-126)48-44-102-59-81-122(82-60-102)136(117-37-21-7-22-38-117)118-39-23-8-24-40-118/h1-98H/b45-41+,46-42+,47-43+,48-44+,51-49+,52-50+. The van der Waals surface area contributed by atoms with E-state index in [-0.39, 0.29) is 0 Å². The zero-order valence-corrected chi connectivity index (χ0v) is 77.5. The van der Waals surface area contributed by atoms with Crippen molar-refractivity contribution in [3.05, 3.63) is 588 Å². The number of nitrogens with zero attached hydrogens (tertiary/aromatic N) is 6. The second-order valence-corrected chi connectivity index (χ2v) is 35.3. The molecule has 0 fully saturated rings. The Balaban J connectivity index is 0.518. The Bertz CT molecular complexity index is 6850. The van der Waals surface area contributed by atoms with E-state index in [0.29, 0.717) is 0 Å². The first kappa shape index (κ1) is 87.5. The van der Waals surface area contributed by atoms with Gasteiger partial charge in [0.05, 0.1) is 0 Å². The third-order valence-electron chi connectivity index (χ3n) is 25.0. The predicted molar refractivity (Wildman–Crippen MR) is 600 cm³/mol. The van der Waals surface area contributed by atoms with Gasteiger partial charge < -0.3 is 29.4 Å². The Hall–Kier alpha value is -18.1. The minimum absolute atomic E-state index is 1.05. The molecule has 0 spiro atoms. The number of thiophene rings is 1. The Kier molecular flexibility index (Phi) is 26.4. The summed E-state index contributed by atoms with van der Waals surface area (Å²) < 4.78 is 2.52. The second kappa shape index (κ2) is 42.0. The highest BCUT2D eigenvalue weighted by atomic mass is 32.1. The molecule has 6 nitrogen and oxygen atoms in total. The smallest absolute Gasteiger partial charge is 0.0462 e. The maximum absolute atomic E-state index is 2.34. The molecule has 0 atom stereocenters. The predicted octanol–water partition coefficient (Wildman–Crippen LogP) is 37.9. The molecule has 0 unspecified atom stereocenters. The van der Waals surface area contributed by atoms with Crippen LogP contribution in [0.2, 0.25) is 0 Å². The molecular weight excluding hydrogens is 1700 g/mol. The summed E-state index contributed by atoms with van der Waals surface area (Å²) in [6, 6.07) is 186. The van der Waals surface area contributed by atoms with Gasteiger partial charge >= 0.3 is 0 Å². The molecule has 0 radical (unpaired) electrons. The van der Waals surface area contributed by atoms with E-state index in [4.69, 9.17) is 0 Å². The molecule has 0 aliphatic carbocycles. The highest BCUT2D eigenvalue weighted by Crippen LogP contribution is 2.44. The summed E-state index contributed by atoms with van der Waals surface area (Å²) in [7, 11) is 0. The third kappa shape index (κ3) is 21.0. The molecule has 1 aromatic heterocycles. The summed E-state index contributed by atoms with van der Waals surface area (Å²) in [6.07, 6.45) is 26.5. The van der Waals surface area contributed by atoms with Crippen molar-refractivity contribution >= 4 is 207 Å². The van der Waals surface area contributed by atoms with Crippen LogP contribution in [0.25, 0.3) is 93.1 Å². The Labute approximate surface area is 818 Å². The van der Waals surface area contributed by atoms with Gasteiger partial charge in [0.15, 0.2) is 0 Å². The molecule has 0 aliphatic rings. The summed E-state index contributed by atoms with van der Waals surface area (Å²) in [5.74, 6) is 0. The van der Waals surface area contributed by atoms with Crippen molar-refractivity contribution < 1.29 is 0 Å². The largest absolute Gasteiger partial charge is 0.311 e. The number of hydrogen-bond donors (Lipinski definition) is 0. The van der Waals surface area contributed by atoms with Crippen molar-refractivity contribution in [3.8, 4) is 0 Å². The fourth-order valence-electron chi connectivity index (χ4n) is 17.8. The third-order valence-corrected chi connectivity index (χ3v) is 26.1. The monoisotopic (exact) mass is 1800 g/mol. The van der Waals surface area contributed by atoms with E-state index in [1.807, 2.05) is 11.3 Å². The van der Waals surface area contributed by atoms with E-state index in [9.17, 15) is 0 Å². The fraction of sp³-hybridized carbons (Fsp3) is 0. The molecule has 0 aliphatic heterocycles. The van der Waals surface area contributed by atoms with Gasteiger partial charge in [0, 0.05) is 123 Å². The van der Waals surface area contributed by atoms with Crippen molar-refractivity contribution in [2.75, 3.05) is 29.4 Å². The SMILES string of the molecule is C(=C\c1ccc(N(c2ccc(/C=C/c3ccc(N(c4ccccc4)c4ccccc4)cc3)cc2)c2ccc(/C=C/c3ccc4sc5ccc(/C=C/c6ccc(N(c7ccc(/C=C/c8ccc(N(c9ccccc9)c9ccccc9)cc8)cc7)c7ccc(/C=C/c8ccc(N(c9ccccc9)c9ccccc9)cc8)cc7)cc6)cc5c4c3)cc2)cc1)/c1ccc(N(c2ccccc2)c2ccccc2)cc1. The van der Waals surface area contributed by atoms with Gasteiger partial charge in [-0.15, -0.1) is 11.3 Å². The molecule has 1 heterocycles. The fourth-order valence-corrected chi connectivity index (χ4v) is 18.9. The molecule has 21 rings (SSSR count). The number of hydrogen-bond acceptors (Lipinski definition) is 7. The van der Waals surface area contributed by atoms with Crippen LogP contribution >= 0.6 is 11.3 Å². The Morgan fingerprint density at radius 1 is 0.108 bits per heavy atom. The lowest BCUT2D eigenvalue weighted by molar-refractivity contribution is 1.28. The van der Waals surface area contributed by atoms with E-state index < -0.39 is 0 Å². The Morgan fingerprint density at radius 2 is 0.216 bits per heavy atom. The topological polar surface area (TPSA) is 19.4 Å². The van der Waals surface area contributed by atoms with E-state index in [1.165, 1.54) is 20.2 Å². The van der Waals surface area contributed by atoms with Gasteiger partial charge in [-0.2, -0.15) is 0 Å². The van der Waals surface area contributed by atoms with Crippen LogP contribution in [0.5, 0.6) is 0 Å². The van der Waals surface area contributed by atoms with E-state index >= 15 is 0 Å². The van der Waals surface area contributed by atoms with Crippen molar-refractivity contribution in [1.82, 2.24) is 0 Å². The van der Waals surface area contributed by atoms with Crippen LogP contribution in [0.4, 0.5) is 102 Å². The van der Waals surface area contributed by atoms with E-state index in [0.717, 1.165) is 169 Å². The molecule has 20 aromatic carbocycles. The maximum Gasteiger partial charge on any atom is 0.0462 e. The normalized spacial score (nSPS) is 11.6. The summed E-state index contributed by atoms with van der Waals surface area (Å²) >= 11 is 1.84. The summed E-state index contributed by atoms with van der Waals surface area (Å²) in [5, 5.41) is 2.50. The molecule has 7 heteroatoms. The number of benzene rings is 20. The number of rotatable bonds is 30. The molecule has 21 aromatic rings. The van der Waals surface area contributed by atoms with Crippen LogP contribution in [0.3, 0.4) is 0 Å². The average molecular weight is 1800 g/mol. The molecule has 0 amide bonds. The molecule has 139 heavy (non-hydrogen) atoms. The van der Waals surface area contributed by atoms with Crippen LogP contribution < -0.4 is 29.4 Å². The first-order valence-electron chi connectivity index (χ1n) is 47.1. The minimum Gasteiger partial charge on any atom is -0.311 e. The van der Waals surface area contributed by atoms with Gasteiger partial charge in [0.25, 0.3) is 0 Å². The van der Waals surface area contributed by atoms with Crippen LogP contribution in [0, 0.1) is 0 Å². The molecule has 0 N–H and O–H groups in total. The lowest BCUT2D eigenvalue weighted by atomic mass is 10.0. The molecule has 0 saturated heterocycles. The Morgan fingerprint density at radius 3 is 0.345 bits per heavy atom. The van der Waals surface area contributed by atoms with E-state index in [2.05, 4.69) is 624 Å². The molecule has 0 bridgehead atoms. The van der Waals surface area contributed by atoms with Crippen LogP contribution in [-0.2, 0) is 0 Å². The highest BCUT2D eigenvalue weighted by Gasteiger charge is 2.21. The van der Waals surface area contributed by atoms with Gasteiger partial charge in [0.2, 0.25) is 0 Å². The molecule has 662 valence electrons. The number of para-hydroxylation sites is 8. The van der Waals surface area contributed by atoms with Gasteiger partial charge in [-0.3, -0.25) is 0 Å². The van der Waals surface area contributed by atoms with Crippen molar-refractivity contribution in [3.63, 3.8) is 0 Å². The number of fused-ring (bicyclic) bond motifs is 3. The summed E-state index contributed by atoms with van der Waals surface area (Å²) in [4.78, 5) is 13.8. The van der Waals surface area contributed by atoms with Crippen molar-refractivity contribution in [1.29, 1.82) is 0 Å². The van der Waals surface area contributed by atoms with Gasteiger partial charge in [0.1, 0.15) is 0 Å². The quantitative estimate of drug-likeness (QED) is 0.0415. The first-order chi connectivity index (χ1) is 68.8. The van der Waals surface area contributed by atoms with Crippen molar-refractivity contribution in [2.45, 2.75) is 0 Å². The van der Waals surface area contributed by atoms with Gasteiger partial charge in [-0.25, -0.2) is 0 Å². The molecule has 0 saturated carbocycles. The van der Waals surface area contributed by atoms with Gasteiger partial charge in [-0.05, 0) is 309 Å². The first-order valence-corrected chi connectivity index (χ1v) is 47.9. The molecular formula is C132H98N6S. The lowest BCUT2D eigenvalue weighted by Gasteiger charge is -2.26. The summed E-state index contributed by atoms with van der Waals surface area (Å²) in [5.41, 5.74) is 33.0. The minimum atomic E-state index is 1.05. The second-order valence-electron chi connectivity index (χ2n) is 34.2. The number of anilines is 18. The lowest BCUT2D eigenvalue weighted by Crippen LogP contribution is -2.09. The van der Waals surface area contributed by atoms with Crippen LogP contribution in [-0.4, -0.2) is 0 Å².